The second-order valence-electron chi connectivity index (χ2n) is 2.94. The zero-order valence-electron chi connectivity index (χ0n) is 8.52. The van der Waals surface area contributed by atoms with Crippen LogP contribution in [0.15, 0.2) is 23.4 Å². The predicted molar refractivity (Wildman–Crippen MR) is 56.6 cm³/mol. The second-order valence-corrected chi connectivity index (χ2v) is 2.94. The standard InChI is InChI=1S/C10H12N2O3/c1-7-3-4-8(9(5-7)15-2)12-10(13)6-11-14/h3-6,14H,1-2H3,(H,12,13). The van der Waals surface area contributed by atoms with Gasteiger partial charge in [-0.25, -0.2) is 0 Å². The van der Waals surface area contributed by atoms with Crippen LogP contribution in [0.5, 0.6) is 5.75 Å². The summed E-state index contributed by atoms with van der Waals surface area (Å²) in [7, 11) is 1.52. The van der Waals surface area contributed by atoms with Gasteiger partial charge < -0.3 is 15.3 Å². The molecule has 1 amide bonds. The van der Waals surface area contributed by atoms with Crippen molar-refractivity contribution in [3.8, 4) is 5.75 Å². The molecule has 0 aromatic heterocycles. The van der Waals surface area contributed by atoms with Crippen LogP contribution < -0.4 is 10.1 Å². The first-order valence-corrected chi connectivity index (χ1v) is 4.30. The summed E-state index contributed by atoms with van der Waals surface area (Å²) < 4.78 is 5.08. The number of nitrogens with zero attached hydrogens (tertiary/aromatic N) is 1. The van der Waals surface area contributed by atoms with E-state index in [0.29, 0.717) is 11.4 Å². The number of aryl methyl sites for hydroxylation is 1. The summed E-state index contributed by atoms with van der Waals surface area (Å²) in [6, 6.07) is 5.36. The number of ether oxygens (including phenoxy) is 1. The van der Waals surface area contributed by atoms with E-state index in [2.05, 4.69) is 10.5 Å². The highest BCUT2D eigenvalue weighted by Gasteiger charge is 2.05. The Labute approximate surface area is 87.4 Å². The molecular weight excluding hydrogens is 196 g/mol. The van der Waals surface area contributed by atoms with E-state index in [0.717, 1.165) is 11.8 Å². The maximum atomic E-state index is 11.1. The Hall–Kier alpha value is -2.04. The molecular formula is C10H12N2O3. The fourth-order valence-corrected chi connectivity index (χ4v) is 1.12. The molecule has 0 bridgehead atoms. The Balaban J connectivity index is 2.89. The topological polar surface area (TPSA) is 70.9 Å². The molecule has 0 saturated heterocycles. The summed E-state index contributed by atoms with van der Waals surface area (Å²) in [5, 5.41) is 13.3. The molecule has 1 aromatic rings. The SMILES string of the molecule is COc1cc(C)ccc1NC(=O)C=NO. The van der Waals surface area contributed by atoms with Gasteiger partial charge in [0.1, 0.15) is 12.0 Å². The normalized spacial score (nSPS) is 10.3. The number of benzene rings is 1. The molecule has 80 valence electrons. The van der Waals surface area contributed by atoms with Crippen molar-refractivity contribution in [1.82, 2.24) is 0 Å². The molecule has 0 aliphatic carbocycles. The van der Waals surface area contributed by atoms with Gasteiger partial charge in [0.25, 0.3) is 5.91 Å². The van der Waals surface area contributed by atoms with E-state index in [4.69, 9.17) is 9.94 Å². The van der Waals surface area contributed by atoms with Crippen molar-refractivity contribution in [3.05, 3.63) is 23.8 Å². The van der Waals surface area contributed by atoms with Gasteiger partial charge in [-0.15, -0.1) is 0 Å². The van der Waals surface area contributed by atoms with Gasteiger partial charge in [-0.1, -0.05) is 11.2 Å². The predicted octanol–water partition coefficient (Wildman–Crippen LogP) is 1.40. The number of oxime groups is 1. The van der Waals surface area contributed by atoms with Crippen LogP contribution >= 0.6 is 0 Å². The highest BCUT2D eigenvalue weighted by atomic mass is 16.5. The third-order valence-electron chi connectivity index (χ3n) is 1.79. The van der Waals surface area contributed by atoms with Crippen LogP contribution in [-0.2, 0) is 4.79 Å². The smallest absolute Gasteiger partial charge is 0.270 e. The molecule has 1 rings (SSSR count). The molecule has 0 spiro atoms. The van der Waals surface area contributed by atoms with Crippen molar-refractivity contribution in [1.29, 1.82) is 0 Å². The monoisotopic (exact) mass is 208 g/mol. The Morgan fingerprint density at radius 3 is 2.93 bits per heavy atom. The van der Waals surface area contributed by atoms with E-state index in [1.54, 1.807) is 12.1 Å². The van der Waals surface area contributed by atoms with Gasteiger partial charge >= 0.3 is 0 Å². The molecule has 0 unspecified atom stereocenters. The first-order valence-electron chi connectivity index (χ1n) is 4.30. The summed E-state index contributed by atoms with van der Waals surface area (Å²) in [6.07, 6.45) is 0.777. The van der Waals surface area contributed by atoms with Gasteiger partial charge in [0.2, 0.25) is 0 Å². The van der Waals surface area contributed by atoms with E-state index in [1.807, 2.05) is 13.0 Å². The summed E-state index contributed by atoms with van der Waals surface area (Å²) >= 11 is 0. The van der Waals surface area contributed by atoms with Crippen LogP contribution in [0, 0.1) is 6.92 Å². The number of hydrogen-bond donors (Lipinski definition) is 2. The number of amides is 1. The van der Waals surface area contributed by atoms with Crippen molar-refractivity contribution in [2.45, 2.75) is 6.92 Å². The molecule has 0 heterocycles. The molecule has 0 fully saturated rings. The van der Waals surface area contributed by atoms with E-state index in [-0.39, 0.29) is 0 Å². The number of carbonyl (C=O) groups is 1. The summed E-state index contributed by atoms with van der Waals surface area (Å²) in [5.74, 6) is 0.0503. The van der Waals surface area contributed by atoms with E-state index < -0.39 is 5.91 Å². The molecule has 5 nitrogen and oxygen atoms in total. The van der Waals surface area contributed by atoms with Crippen molar-refractivity contribution < 1.29 is 14.7 Å². The van der Waals surface area contributed by atoms with Crippen LogP contribution in [0.25, 0.3) is 0 Å². The Kier molecular flexibility index (Phi) is 3.68. The van der Waals surface area contributed by atoms with Crippen LogP contribution in [0.3, 0.4) is 0 Å². The fourth-order valence-electron chi connectivity index (χ4n) is 1.12. The van der Waals surface area contributed by atoms with Gasteiger partial charge in [0.05, 0.1) is 12.8 Å². The zero-order valence-corrected chi connectivity index (χ0v) is 8.52. The van der Waals surface area contributed by atoms with Crippen molar-refractivity contribution >= 4 is 17.8 Å². The largest absolute Gasteiger partial charge is 0.495 e. The number of nitrogens with one attached hydrogen (secondary N) is 1. The average molecular weight is 208 g/mol. The Morgan fingerprint density at radius 2 is 2.33 bits per heavy atom. The van der Waals surface area contributed by atoms with E-state index >= 15 is 0 Å². The number of carbonyl (C=O) groups excluding carboxylic acids is 1. The Bertz CT molecular complexity index is 388. The molecule has 5 heteroatoms. The van der Waals surface area contributed by atoms with Crippen LogP contribution in [0.1, 0.15) is 5.56 Å². The minimum atomic E-state index is -0.514. The summed E-state index contributed by atoms with van der Waals surface area (Å²) in [6.45, 7) is 1.92. The third kappa shape index (κ3) is 2.98. The average Bonchev–Trinajstić information content (AvgIpc) is 2.21. The van der Waals surface area contributed by atoms with Crippen LogP contribution in [0.2, 0.25) is 0 Å². The minimum absolute atomic E-state index is 0.514. The number of rotatable bonds is 3. The highest BCUT2D eigenvalue weighted by molar-refractivity contribution is 6.31. The molecule has 0 aliphatic heterocycles. The molecule has 15 heavy (non-hydrogen) atoms. The summed E-state index contributed by atoms with van der Waals surface area (Å²) in [4.78, 5) is 11.1. The lowest BCUT2D eigenvalue weighted by Crippen LogP contribution is -2.13. The van der Waals surface area contributed by atoms with Gasteiger partial charge in [-0.3, -0.25) is 4.79 Å². The van der Waals surface area contributed by atoms with E-state index in [9.17, 15) is 4.79 Å². The third-order valence-corrected chi connectivity index (χ3v) is 1.79. The van der Waals surface area contributed by atoms with Crippen LogP contribution in [0.4, 0.5) is 5.69 Å². The van der Waals surface area contributed by atoms with Gasteiger partial charge in [-0.2, -0.15) is 0 Å². The molecule has 2 N–H and O–H groups in total. The zero-order chi connectivity index (χ0) is 11.3. The lowest BCUT2D eigenvalue weighted by Gasteiger charge is -2.08. The summed E-state index contributed by atoms with van der Waals surface area (Å²) in [5.41, 5.74) is 1.56. The van der Waals surface area contributed by atoms with Crippen molar-refractivity contribution in [3.63, 3.8) is 0 Å². The maximum Gasteiger partial charge on any atom is 0.270 e. The van der Waals surface area contributed by atoms with Crippen molar-refractivity contribution in [2.24, 2.45) is 5.16 Å². The fraction of sp³-hybridized carbons (Fsp3) is 0.200. The van der Waals surface area contributed by atoms with Gasteiger partial charge in [-0.05, 0) is 24.6 Å². The molecule has 0 atom stereocenters. The lowest BCUT2D eigenvalue weighted by atomic mass is 10.2. The first kappa shape index (κ1) is 11.0. The lowest BCUT2D eigenvalue weighted by molar-refractivity contribution is -0.110. The highest BCUT2D eigenvalue weighted by Crippen LogP contribution is 2.24. The minimum Gasteiger partial charge on any atom is -0.495 e. The second kappa shape index (κ2) is 4.99. The van der Waals surface area contributed by atoms with Gasteiger partial charge in [0, 0.05) is 0 Å². The molecule has 0 radical (unpaired) electrons. The number of anilines is 1. The van der Waals surface area contributed by atoms with E-state index in [1.165, 1.54) is 7.11 Å². The number of hydrogen-bond acceptors (Lipinski definition) is 4. The molecule has 0 aliphatic rings. The van der Waals surface area contributed by atoms with Gasteiger partial charge in [0.15, 0.2) is 0 Å². The molecule has 1 aromatic carbocycles. The number of methoxy groups -OCH3 is 1. The Morgan fingerprint density at radius 1 is 1.60 bits per heavy atom. The first-order chi connectivity index (χ1) is 7.17. The maximum absolute atomic E-state index is 11.1. The van der Waals surface area contributed by atoms with Crippen LogP contribution in [-0.4, -0.2) is 24.4 Å². The van der Waals surface area contributed by atoms with Crippen molar-refractivity contribution in [2.75, 3.05) is 12.4 Å². The quantitative estimate of drug-likeness (QED) is 0.448. The molecule has 0 saturated carbocycles.